The molecule has 0 atom stereocenters. The summed E-state index contributed by atoms with van der Waals surface area (Å²) in [5.74, 6) is -1.28. The largest absolute Gasteiger partial charge is 0.462 e. The quantitative estimate of drug-likeness (QED) is 0.493. The van der Waals surface area contributed by atoms with Crippen molar-refractivity contribution in [2.24, 2.45) is 0 Å². The van der Waals surface area contributed by atoms with Gasteiger partial charge in [0.15, 0.2) is 0 Å². The Labute approximate surface area is 181 Å². The fraction of sp³-hybridized carbons (Fsp3) is 0.273. The summed E-state index contributed by atoms with van der Waals surface area (Å²) in [4.78, 5) is 52.2. The van der Waals surface area contributed by atoms with Crippen molar-refractivity contribution >= 4 is 45.1 Å². The highest BCUT2D eigenvalue weighted by Crippen LogP contribution is 2.38. The summed E-state index contributed by atoms with van der Waals surface area (Å²) in [5.41, 5.74) is 0.501. The standard InChI is InChI=1S/C22H20N2O6S/c1-3-29-22(28)18-14-8-9-24(12(2)25)11-17(14)31-20(18)23-19(26)15-10-13-6-4-5-7-16(13)30-21(15)27/h4-7,10H,3,8-9,11H2,1-2H3,(H,23,26). The predicted molar refractivity (Wildman–Crippen MR) is 116 cm³/mol. The third-order valence-electron chi connectivity index (χ3n) is 5.09. The number of nitrogens with one attached hydrogen (secondary N) is 1. The third-order valence-corrected chi connectivity index (χ3v) is 6.23. The topological polar surface area (TPSA) is 106 Å². The van der Waals surface area contributed by atoms with Crippen molar-refractivity contribution in [1.82, 2.24) is 4.90 Å². The molecule has 3 aromatic rings. The van der Waals surface area contributed by atoms with Crippen LogP contribution in [0.2, 0.25) is 0 Å². The van der Waals surface area contributed by atoms with Gasteiger partial charge in [0.1, 0.15) is 16.1 Å². The molecule has 4 rings (SSSR count). The molecule has 8 nitrogen and oxygen atoms in total. The minimum atomic E-state index is -0.766. The van der Waals surface area contributed by atoms with Crippen molar-refractivity contribution in [1.29, 1.82) is 0 Å². The Balaban J connectivity index is 1.71. The van der Waals surface area contributed by atoms with Crippen LogP contribution in [0.25, 0.3) is 11.0 Å². The van der Waals surface area contributed by atoms with E-state index >= 15 is 0 Å². The maximum absolute atomic E-state index is 12.9. The molecule has 0 saturated heterocycles. The molecule has 0 saturated carbocycles. The first-order valence-electron chi connectivity index (χ1n) is 9.80. The van der Waals surface area contributed by atoms with Crippen LogP contribution < -0.4 is 10.9 Å². The number of para-hydroxylation sites is 1. The van der Waals surface area contributed by atoms with Gasteiger partial charge in [-0.15, -0.1) is 11.3 Å². The molecule has 0 bridgehead atoms. The molecule has 1 aliphatic heterocycles. The zero-order valence-electron chi connectivity index (χ0n) is 17.0. The summed E-state index contributed by atoms with van der Waals surface area (Å²) in [7, 11) is 0. The summed E-state index contributed by atoms with van der Waals surface area (Å²) >= 11 is 1.21. The van der Waals surface area contributed by atoms with E-state index in [0.717, 1.165) is 10.4 Å². The zero-order chi connectivity index (χ0) is 22.1. The lowest BCUT2D eigenvalue weighted by Gasteiger charge is -2.25. The normalized spacial score (nSPS) is 13.0. The van der Waals surface area contributed by atoms with E-state index in [1.807, 2.05) is 0 Å². The lowest BCUT2D eigenvalue weighted by Crippen LogP contribution is -2.34. The van der Waals surface area contributed by atoms with Crippen molar-refractivity contribution in [2.75, 3.05) is 18.5 Å². The zero-order valence-corrected chi connectivity index (χ0v) is 17.8. The molecule has 0 aliphatic carbocycles. The van der Waals surface area contributed by atoms with Crippen LogP contribution in [0.5, 0.6) is 0 Å². The second kappa shape index (κ2) is 8.35. The number of rotatable bonds is 4. The molecule has 3 heterocycles. The fourth-order valence-corrected chi connectivity index (χ4v) is 4.82. The first kappa shape index (κ1) is 20.8. The van der Waals surface area contributed by atoms with Gasteiger partial charge in [0.25, 0.3) is 5.91 Å². The van der Waals surface area contributed by atoms with Gasteiger partial charge in [-0.3, -0.25) is 9.59 Å². The van der Waals surface area contributed by atoms with Gasteiger partial charge in [0.05, 0.1) is 18.7 Å². The van der Waals surface area contributed by atoms with E-state index in [-0.39, 0.29) is 23.6 Å². The number of thiophene rings is 1. The Bertz CT molecular complexity index is 1260. The van der Waals surface area contributed by atoms with E-state index in [9.17, 15) is 19.2 Å². The van der Waals surface area contributed by atoms with Crippen LogP contribution in [-0.2, 0) is 22.5 Å². The number of amides is 2. The average Bonchev–Trinajstić information content (AvgIpc) is 3.10. The Hall–Kier alpha value is -3.46. The lowest BCUT2D eigenvalue weighted by atomic mass is 10.0. The van der Waals surface area contributed by atoms with Gasteiger partial charge in [-0.05, 0) is 31.0 Å². The number of anilines is 1. The van der Waals surface area contributed by atoms with Crippen LogP contribution in [0, 0.1) is 0 Å². The lowest BCUT2D eigenvalue weighted by molar-refractivity contribution is -0.129. The van der Waals surface area contributed by atoms with Crippen LogP contribution in [0.4, 0.5) is 5.00 Å². The number of hydrogen-bond acceptors (Lipinski definition) is 7. The van der Waals surface area contributed by atoms with Crippen LogP contribution in [-0.4, -0.2) is 35.8 Å². The molecule has 0 radical (unpaired) electrons. The molecule has 1 aromatic carbocycles. The third kappa shape index (κ3) is 3.96. The van der Waals surface area contributed by atoms with E-state index in [0.29, 0.717) is 35.5 Å². The predicted octanol–water partition coefficient (Wildman–Crippen LogP) is 3.19. The van der Waals surface area contributed by atoms with Gasteiger partial charge >= 0.3 is 11.6 Å². The number of carbonyl (C=O) groups excluding carboxylic acids is 3. The van der Waals surface area contributed by atoms with Crippen LogP contribution in [0.15, 0.2) is 39.5 Å². The van der Waals surface area contributed by atoms with E-state index in [1.165, 1.54) is 24.3 Å². The maximum atomic E-state index is 12.9. The van der Waals surface area contributed by atoms with E-state index in [4.69, 9.17) is 9.15 Å². The summed E-state index contributed by atoms with van der Waals surface area (Å²) in [5, 5.41) is 3.60. The number of hydrogen-bond donors (Lipinski definition) is 1. The fourth-order valence-electron chi connectivity index (χ4n) is 3.57. The number of fused-ring (bicyclic) bond motifs is 2. The smallest absolute Gasteiger partial charge is 0.349 e. The molecule has 2 aromatic heterocycles. The first-order valence-corrected chi connectivity index (χ1v) is 10.6. The highest BCUT2D eigenvalue weighted by atomic mass is 32.1. The molecular formula is C22H20N2O6S. The van der Waals surface area contributed by atoms with E-state index < -0.39 is 17.5 Å². The summed E-state index contributed by atoms with van der Waals surface area (Å²) in [6, 6.07) is 8.35. The molecular weight excluding hydrogens is 420 g/mol. The molecule has 0 spiro atoms. The highest BCUT2D eigenvalue weighted by molar-refractivity contribution is 7.17. The molecule has 9 heteroatoms. The molecule has 1 N–H and O–H groups in total. The van der Waals surface area contributed by atoms with Gasteiger partial charge in [-0.2, -0.15) is 0 Å². The molecule has 1 aliphatic rings. The van der Waals surface area contributed by atoms with Gasteiger partial charge in [0, 0.05) is 23.7 Å². The number of benzene rings is 1. The minimum absolute atomic E-state index is 0.0592. The maximum Gasteiger partial charge on any atom is 0.349 e. The summed E-state index contributed by atoms with van der Waals surface area (Å²) < 4.78 is 10.4. The van der Waals surface area contributed by atoms with Crippen molar-refractivity contribution in [3.8, 4) is 0 Å². The van der Waals surface area contributed by atoms with Crippen LogP contribution >= 0.6 is 11.3 Å². The van der Waals surface area contributed by atoms with Gasteiger partial charge in [-0.25, -0.2) is 9.59 Å². The minimum Gasteiger partial charge on any atom is -0.462 e. The van der Waals surface area contributed by atoms with Crippen molar-refractivity contribution < 1.29 is 23.5 Å². The number of ether oxygens (including phenoxy) is 1. The molecule has 160 valence electrons. The Morgan fingerprint density at radius 3 is 2.77 bits per heavy atom. The van der Waals surface area contributed by atoms with Crippen molar-refractivity contribution in [2.45, 2.75) is 26.8 Å². The number of nitrogens with zero attached hydrogens (tertiary/aromatic N) is 1. The monoisotopic (exact) mass is 440 g/mol. The van der Waals surface area contributed by atoms with Gasteiger partial charge in [0.2, 0.25) is 5.91 Å². The molecule has 2 amide bonds. The van der Waals surface area contributed by atoms with E-state index in [1.54, 1.807) is 36.1 Å². The Morgan fingerprint density at radius 2 is 2.03 bits per heavy atom. The summed E-state index contributed by atoms with van der Waals surface area (Å²) in [6.45, 7) is 4.22. The van der Waals surface area contributed by atoms with Crippen molar-refractivity contribution in [3.63, 3.8) is 0 Å². The van der Waals surface area contributed by atoms with Gasteiger partial charge < -0.3 is 19.4 Å². The van der Waals surface area contributed by atoms with Crippen molar-refractivity contribution in [3.05, 3.63) is 62.3 Å². The summed E-state index contributed by atoms with van der Waals surface area (Å²) in [6.07, 6.45) is 0.480. The Morgan fingerprint density at radius 1 is 1.26 bits per heavy atom. The second-order valence-corrected chi connectivity index (χ2v) is 8.16. The second-order valence-electron chi connectivity index (χ2n) is 7.06. The number of carbonyl (C=O) groups is 3. The number of esters is 1. The highest BCUT2D eigenvalue weighted by Gasteiger charge is 2.30. The van der Waals surface area contributed by atoms with Gasteiger partial charge in [-0.1, -0.05) is 18.2 Å². The molecule has 31 heavy (non-hydrogen) atoms. The SMILES string of the molecule is CCOC(=O)c1c(NC(=O)c2cc3ccccc3oc2=O)sc2c1CCN(C(C)=O)C2. The van der Waals surface area contributed by atoms with Crippen LogP contribution in [0.1, 0.15) is 45.0 Å². The first-order chi connectivity index (χ1) is 14.9. The molecule has 0 unspecified atom stereocenters. The van der Waals surface area contributed by atoms with Crippen LogP contribution in [0.3, 0.4) is 0 Å². The molecule has 0 fully saturated rings. The Kier molecular flexibility index (Phi) is 5.60. The average molecular weight is 440 g/mol. The van der Waals surface area contributed by atoms with E-state index in [2.05, 4.69) is 5.32 Å².